The first-order chi connectivity index (χ1) is 28.9. The number of halogens is 1. The molecule has 16 aliphatic rings. The van der Waals surface area contributed by atoms with Gasteiger partial charge in [0.1, 0.15) is 11.9 Å². The highest BCUT2D eigenvalue weighted by atomic mass is 35.5. The van der Waals surface area contributed by atoms with Crippen LogP contribution in [0.25, 0.3) is 0 Å². The number of rotatable bonds is 5. The molecule has 338 valence electrons. The summed E-state index contributed by atoms with van der Waals surface area (Å²) < 4.78 is 15.2. The molecule has 0 spiro atoms. The van der Waals surface area contributed by atoms with E-state index in [0.29, 0.717) is 54.1 Å². The number of ether oxygens (including phenoxy) is 3. The number of carbonyl (C=O) groups excluding carboxylic acids is 4. The Morgan fingerprint density at radius 1 is 0.492 bits per heavy atom. The zero-order valence-corrected chi connectivity index (χ0v) is 36.4. The van der Waals surface area contributed by atoms with Gasteiger partial charge in [0.25, 0.3) is 0 Å². The highest BCUT2D eigenvalue weighted by molar-refractivity contribution is 6.61. The summed E-state index contributed by atoms with van der Waals surface area (Å²) in [6, 6.07) is 0. The number of carboxylic acids is 2. The van der Waals surface area contributed by atoms with Gasteiger partial charge in [-0.1, -0.05) is 0 Å². The highest BCUT2D eigenvalue weighted by Crippen LogP contribution is 2.63. The second kappa shape index (κ2) is 15.7. The van der Waals surface area contributed by atoms with Crippen molar-refractivity contribution in [2.45, 2.75) is 147 Å². The van der Waals surface area contributed by atoms with E-state index < -0.39 is 28.2 Å². The van der Waals surface area contributed by atoms with Crippen LogP contribution < -0.4 is 0 Å². The lowest BCUT2D eigenvalue weighted by atomic mass is 9.48. The van der Waals surface area contributed by atoms with Crippen LogP contribution in [-0.2, 0) is 38.2 Å². The number of aliphatic hydroxyl groups excluding tert-OH is 2. The number of Topliss-reactive ketones (excluding diaryl/α,β-unsaturated/α-hetero) is 1. The van der Waals surface area contributed by atoms with E-state index in [1.165, 1.54) is 14.2 Å². The van der Waals surface area contributed by atoms with Gasteiger partial charge in [-0.3, -0.25) is 24.0 Å². The van der Waals surface area contributed by atoms with Gasteiger partial charge in [0, 0.05) is 23.4 Å². The number of hydrogen-bond acceptors (Lipinski definition) is 11. The number of esters is 2. The van der Waals surface area contributed by atoms with Crippen LogP contribution in [0, 0.1) is 92.7 Å². The Morgan fingerprint density at radius 2 is 0.803 bits per heavy atom. The minimum atomic E-state index is -0.723. The van der Waals surface area contributed by atoms with Crippen molar-refractivity contribution >= 4 is 46.7 Å². The van der Waals surface area contributed by atoms with Crippen molar-refractivity contribution in [1.82, 2.24) is 0 Å². The molecule has 61 heavy (non-hydrogen) atoms. The molecule has 13 nitrogen and oxygen atoms in total. The van der Waals surface area contributed by atoms with Gasteiger partial charge in [0.2, 0.25) is 0 Å². The predicted molar refractivity (Wildman–Crippen MR) is 216 cm³/mol. The largest absolute Gasteiger partial charge is 0.481 e. The Balaban J connectivity index is 0.000000105. The summed E-state index contributed by atoms with van der Waals surface area (Å²) in [5, 5.41) is 38.5. The molecule has 16 rings (SSSR count). The van der Waals surface area contributed by atoms with Crippen molar-refractivity contribution in [2.24, 2.45) is 92.7 Å². The van der Waals surface area contributed by atoms with E-state index in [-0.39, 0.29) is 76.6 Å². The molecule has 16 saturated carbocycles. The minimum absolute atomic E-state index is 0.0335. The molecule has 16 aliphatic carbocycles. The molecular formula is C47H65ClO13. The Labute approximate surface area is 362 Å². The monoisotopic (exact) mass is 872 g/mol. The van der Waals surface area contributed by atoms with Crippen LogP contribution >= 0.6 is 11.6 Å². The maximum absolute atomic E-state index is 12.0. The lowest BCUT2D eigenvalue weighted by Gasteiger charge is -2.57. The summed E-state index contributed by atoms with van der Waals surface area (Å²) in [5.41, 5.74) is -2.26. The zero-order chi connectivity index (χ0) is 43.4. The van der Waals surface area contributed by atoms with Crippen LogP contribution in [0.5, 0.6) is 0 Å². The van der Waals surface area contributed by atoms with Crippen molar-refractivity contribution in [3.8, 4) is 0 Å². The van der Waals surface area contributed by atoms with E-state index in [0.717, 1.165) is 116 Å². The molecule has 0 aromatic carbocycles. The molecule has 16 bridgehead atoms. The van der Waals surface area contributed by atoms with Crippen LogP contribution in [0.4, 0.5) is 4.79 Å². The standard InChI is InChI=1S/C13H17ClO4.C12H18O3.C11H16O3.C11H14O3/c1-17-11(15)13-4-7-2-8(5-13)10(18-12(14)16)9(3-7)6-13;1-15-11(14)12-4-7-2-8(5-12)10(13)9(3-7)6-12;2*12-9-7-1-6-2-8(9)5-11(3-6,4-7)10(13)14/h7-10H,2-6H2,1H3;7-10,13H,2-6H2,1H3;6-9,12H,1-5H2,(H,13,14);6-8H,1-5H2,(H,13,14). The van der Waals surface area contributed by atoms with Crippen LogP contribution in [0.3, 0.4) is 0 Å². The second-order valence-corrected chi connectivity index (χ2v) is 23.0. The van der Waals surface area contributed by atoms with Crippen molar-refractivity contribution in [2.75, 3.05) is 14.2 Å². The summed E-state index contributed by atoms with van der Waals surface area (Å²) in [6.07, 6.45) is 17.5. The molecule has 0 radical (unpaired) electrons. The fourth-order valence-corrected chi connectivity index (χ4v) is 17.6. The molecule has 8 unspecified atom stereocenters. The Kier molecular flexibility index (Phi) is 11.2. The zero-order valence-electron chi connectivity index (χ0n) is 35.6. The van der Waals surface area contributed by atoms with Crippen LogP contribution in [0.2, 0.25) is 0 Å². The molecule has 16 fully saturated rings. The molecule has 0 amide bonds. The summed E-state index contributed by atoms with van der Waals surface area (Å²) in [5.74, 6) is 3.26. The van der Waals surface area contributed by atoms with Gasteiger partial charge in [-0.15, -0.1) is 0 Å². The number of hydrogen-bond donors (Lipinski definition) is 4. The predicted octanol–water partition coefficient (Wildman–Crippen LogP) is 6.80. The number of aliphatic hydroxyl groups is 2. The number of aliphatic carboxylic acids is 2. The quantitative estimate of drug-likeness (QED) is 0.127. The number of methoxy groups -OCH3 is 2. The SMILES string of the molecule is COC(=O)C12CC3CC(C1)C(O)C(C3)C2.COC(=O)C12CC3CC(C1)C(OC(=O)Cl)C(C3)C2.O=C(O)C12CC3CC(C1)C(O)C(C3)C2.O=C1C2CC3CC1CC(C(=O)O)(C3)C2. The lowest BCUT2D eigenvalue weighted by Crippen LogP contribution is -2.57. The number of carbonyl (C=O) groups is 6. The van der Waals surface area contributed by atoms with E-state index >= 15 is 0 Å². The topological polar surface area (TPSA) is 211 Å². The molecule has 0 aromatic rings. The molecule has 0 aliphatic heterocycles. The third kappa shape index (κ3) is 7.44. The van der Waals surface area contributed by atoms with Gasteiger partial charge in [-0.05, 0) is 188 Å². The van der Waals surface area contributed by atoms with Crippen molar-refractivity contribution < 1.29 is 63.4 Å². The number of carboxylic acid groups (broad SMARTS) is 2. The first-order valence-electron chi connectivity index (χ1n) is 23.3. The molecule has 14 heteroatoms. The maximum Gasteiger partial charge on any atom is 0.404 e. The molecule has 4 N–H and O–H groups in total. The first kappa shape index (κ1) is 43.5. The van der Waals surface area contributed by atoms with E-state index in [4.69, 9.17) is 25.8 Å². The summed E-state index contributed by atoms with van der Waals surface area (Å²) in [6.45, 7) is 0. The molecule has 0 heterocycles. The molecule has 0 saturated heterocycles. The summed E-state index contributed by atoms with van der Waals surface area (Å²) >= 11 is 5.34. The van der Waals surface area contributed by atoms with Crippen molar-refractivity contribution in [3.63, 3.8) is 0 Å². The Bertz CT molecular complexity index is 1750. The van der Waals surface area contributed by atoms with Gasteiger partial charge in [0.15, 0.2) is 0 Å². The summed E-state index contributed by atoms with van der Waals surface area (Å²) in [4.78, 5) is 69.1. The average Bonchev–Trinajstić information content (AvgIpc) is 3.21. The third-order valence-electron chi connectivity index (χ3n) is 19.0. The smallest absolute Gasteiger partial charge is 0.404 e. The Morgan fingerprint density at radius 3 is 1.16 bits per heavy atom. The van der Waals surface area contributed by atoms with E-state index in [2.05, 4.69) is 0 Å². The van der Waals surface area contributed by atoms with E-state index in [1.54, 1.807) is 0 Å². The maximum atomic E-state index is 12.0. The number of ketones is 1. The fraction of sp³-hybridized carbons (Fsp3) is 0.872. The van der Waals surface area contributed by atoms with Gasteiger partial charge in [-0.2, -0.15) is 0 Å². The highest BCUT2D eigenvalue weighted by Gasteiger charge is 2.62. The lowest BCUT2D eigenvalue weighted by molar-refractivity contribution is -0.182. The van der Waals surface area contributed by atoms with Crippen LogP contribution in [0.1, 0.15) is 128 Å². The normalized spacial score (nSPS) is 50.0. The first-order valence-corrected chi connectivity index (χ1v) is 23.7. The summed E-state index contributed by atoms with van der Waals surface area (Å²) in [7, 11) is 2.94. The van der Waals surface area contributed by atoms with Gasteiger partial charge in [-0.25, -0.2) is 4.79 Å². The second-order valence-electron chi connectivity index (χ2n) is 22.7. The molecule has 8 atom stereocenters. The third-order valence-corrected chi connectivity index (χ3v) is 19.1. The molecule has 0 aromatic heterocycles. The van der Waals surface area contributed by atoms with Crippen molar-refractivity contribution in [3.05, 3.63) is 0 Å². The van der Waals surface area contributed by atoms with E-state index in [1.807, 2.05) is 0 Å². The minimum Gasteiger partial charge on any atom is -0.481 e. The fourth-order valence-electron chi connectivity index (χ4n) is 17.5. The Hall–Kier alpha value is -2.77. The van der Waals surface area contributed by atoms with Gasteiger partial charge >= 0.3 is 29.3 Å². The van der Waals surface area contributed by atoms with Crippen LogP contribution in [-0.4, -0.2) is 88.0 Å². The van der Waals surface area contributed by atoms with Crippen LogP contribution in [0.15, 0.2) is 0 Å². The van der Waals surface area contributed by atoms with Crippen molar-refractivity contribution in [1.29, 1.82) is 0 Å². The van der Waals surface area contributed by atoms with Gasteiger partial charge in [0.05, 0.1) is 48.1 Å². The van der Waals surface area contributed by atoms with E-state index in [9.17, 15) is 49.2 Å². The van der Waals surface area contributed by atoms with Gasteiger partial charge < -0.3 is 34.6 Å². The average molecular weight is 873 g/mol. The molecular weight excluding hydrogens is 808 g/mol.